The molecule has 0 unspecified atom stereocenters. The monoisotopic (exact) mass is 364 g/mol. The lowest BCUT2D eigenvalue weighted by Crippen LogP contribution is -2.23. The average molecular weight is 365 g/mol. The maximum absolute atomic E-state index is 12.2. The van der Waals surface area contributed by atoms with Crippen LogP contribution >= 0.6 is 27.3 Å². The number of nitrogens with zero attached hydrogens (tertiary/aromatic N) is 1. The normalized spacial score (nSPS) is 9.81. The maximum Gasteiger partial charge on any atom is 0.252 e. The summed E-state index contributed by atoms with van der Waals surface area (Å²) in [7, 11) is 0. The number of hydrogen-bond donors (Lipinski definition) is 2. The number of thiophene rings is 1. The Morgan fingerprint density at radius 2 is 2.29 bits per heavy atom. The summed E-state index contributed by atoms with van der Waals surface area (Å²) in [4.78, 5) is 17.3. The van der Waals surface area contributed by atoms with Crippen LogP contribution in [0.2, 0.25) is 0 Å². The zero-order chi connectivity index (χ0) is 15.1. The Hall–Kier alpha value is -1.68. The van der Waals surface area contributed by atoms with Gasteiger partial charge in [0.1, 0.15) is 0 Å². The zero-order valence-electron chi connectivity index (χ0n) is 11.1. The standard InChI is InChI=1S/C15H13BrN2O2S/c16-14-5-4-12(21-14)10-18-15(20)13-6-7-17-9-11(13)3-1-2-8-19/h4-7,9,19H,2,8,10H2,(H,18,20). The molecule has 2 aromatic rings. The van der Waals surface area contributed by atoms with Crippen LogP contribution < -0.4 is 5.32 Å². The fourth-order valence-corrected chi connectivity index (χ4v) is 3.04. The van der Waals surface area contributed by atoms with Gasteiger partial charge in [-0.05, 0) is 34.1 Å². The Morgan fingerprint density at radius 1 is 1.43 bits per heavy atom. The number of carbonyl (C=O) groups is 1. The van der Waals surface area contributed by atoms with Gasteiger partial charge in [0.2, 0.25) is 0 Å². The van der Waals surface area contributed by atoms with Crippen molar-refractivity contribution >= 4 is 33.2 Å². The molecule has 0 atom stereocenters. The molecule has 0 fully saturated rings. The van der Waals surface area contributed by atoms with Crippen molar-refractivity contribution in [3.05, 3.63) is 50.4 Å². The first kappa shape index (κ1) is 15.7. The molecule has 6 heteroatoms. The van der Waals surface area contributed by atoms with Gasteiger partial charge in [-0.25, -0.2) is 0 Å². The van der Waals surface area contributed by atoms with Crippen LogP contribution in [0.5, 0.6) is 0 Å². The number of aliphatic hydroxyl groups excluding tert-OH is 1. The molecule has 0 aliphatic rings. The Balaban J connectivity index is 2.07. The van der Waals surface area contributed by atoms with E-state index in [9.17, 15) is 4.79 Å². The first-order valence-electron chi connectivity index (χ1n) is 6.27. The first-order valence-corrected chi connectivity index (χ1v) is 7.88. The molecule has 0 saturated carbocycles. The zero-order valence-corrected chi connectivity index (χ0v) is 13.5. The van der Waals surface area contributed by atoms with Crippen LogP contribution in [0, 0.1) is 11.8 Å². The minimum Gasteiger partial charge on any atom is -0.395 e. The Kier molecular flexibility index (Phi) is 5.93. The number of rotatable bonds is 4. The van der Waals surface area contributed by atoms with Gasteiger partial charge in [0, 0.05) is 23.7 Å². The molecule has 108 valence electrons. The summed E-state index contributed by atoms with van der Waals surface area (Å²) < 4.78 is 1.03. The lowest BCUT2D eigenvalue weighted by Gasteiger charge is -2.05. The third kappa shape index (κ3) is 4.67. The second-order valence-corrected chi connectivity index (χ2v) is 6.63. The van der Waals surface area contributed by atoms with Crippen molar-refractivity contribution in [2.75, 3.05) is 6.61 Å². The Bertz CT molecular complexity index is 688. The predicted octanol–water partition coefficient (Wildman–Crippen LogP) is 2.57. The highest BCUT2D eigenvalue weighted by Gasteiger charge is 2.10. The van der Waals surface area contributed by atoms with Gasteiger partial charge < -0.3 is 10.4 Å². The van der Waals surface area contributed by atoms with Crippen LogP contribution in [0.25, 0.3) is 0 Å². The molecule has 0 saturated heterocycles. The molecule has 2 rings (SSSR count). The third-order valence-electron chi connectivity index (χ3n) is 2.58. The molecule has 4 nitrogen and oxygen atoms in total. The van der Waals surface area contributed by atoms with E-state index in [0.717, 1.165) is 8.66 Å². The van der Waals surface area contributed by atoms with Crippen LogP contribution in [0.3, 0.4) is 0 Å². The van der Waals surface area contributed by atoms with Crippen LogP contribution in [0.1, 0.15) is 27.2 Å². The van der Waals surface area contributed by atoms with E-state index in [1.807, 2.05) is 12.1 Å². The molecule has 0 bridgehead atoms. The maximum atomic E-state index is 12.2. The second-order valence-electron chi connectivity index (χ2n) is 4.09. The summed E-state index contributed by atoms with van der Waals surface area (Å²) in [5.41, 5.74) is 1.06. The van der Waals surface area contributed by atoms with Gasteiger partial charge in [0.05, 0.1) is 28.1 Å². The van der Waals surface area contributed by atoms with Crippen molar-refractivity contribution < 1.29 is 9.90 Å². The summed E-state index contributed by atoms with van der Waals surface area (Å²) in [6.45, 7) is 0.475. The minimum absolute atomic E-state index is 0.00203. The van der Waals surface area contributed by atoms with E-state index in [2.05, 4.69) is 38.1 Å². The Labute approximate surface area is 135 Å². The van der Waals surface area contributed by atoms with Crippen LogP contribution in [-0.2, 0) is 6.54 Å². The highest BCUT2D eigenvalue weighted by atomic mass is 79.9. The average Bonchev–Trinajstić information content (AvgIpc) is 2.91. The van der Waals surface area contributed by atoms with E-state index in [0.29, 0.717) is 24.1 Å². The first-order chi connectivity index (χ1) is 10.2. The van der Waals surface area contributed by atoms with Crippen molar-refractivity contribution in [3.63, 3.8) is 0 Å². The summed E-state index contributed by atoms with van der Waals surface area (Å²) in [5.74, 6) is 5.47. The van der Waals surface area contributed by atoms with Crippen molar-refractivity contribution in [3.8, 4) is 11.8 Å². The topological polar surface area (TPSA) is 62.2 Å². The van der Waals surface area contributed by atoms with E-state index in [-0.39, 0.29) is 12.5 Å². The van der Waals surface area contributed by atoms with Gasteiger partial charge in [-0.15, -0.1) is 11.3 Å². The summed E-state index contributed by atoms with van der Waals surface area (Å²) in [6, 6.07) is 5.55. The highest BCUT2D eigenvalue weighted by molar-refractivity contribution is 9.11. The van der Waals surface area contributed by atoms with Crippen molar-refractivity contribution in [1.82, 2.24) is 10.3 Å². The molecule has 2 heterocycles. The number of aromatic nitrogens is 1. The second kappa shape index (κ2) is 7.93. The molecular formula is C15H13BrN2O2S. The number of hydrogen-bond acceptors (Lipinski definition) is 4. The van der Waals surface area contributed by atoms with E-state index in [1.165, 1.54) is 0 Å². The summed E-state index contributed by atoms with van der Waals surface area (Å²) in [6.07, 6.45) is 3.49. The fourth-order valence-electron chi connectivity index (χ4n) is 1.62. The van der Waals surface area contributed by atoms with Crippen molar-refractivity contribution in [1.29, 1.82) is 0 Å². The SMILES string of the molecule is O=C(NCc1ccc(Br)s1)c1ccncc1C#CCCO. The van der Waals surface area contributed by atoms with Gasteiger partial charge in [-0.2, -0.15) is 0 Å². The number of nitrogens with one attached hydrogen (secondary N) is 1. The lowest BCUT2D eigenvalue weighted by molar-refractivity contribution is 0.0951. The highest BCUT2D eigenvalue weighted by Crippen LogP contribution is 2.21. The molecule has 1 amide bonds. The van der Waals surface area contributed by atoms with Crippen LogP contribution in [0.15, 0.2) is 34.4 Å². The Morgan fingerprint density at radius 3 is 3.00 bits per heavy atom. The molecule has 0 radical (unpaired) electrons. The molecule has 2 N–H and O–H groups in total. The number of aliphatic hydroxyl groups is 1. The molecule has 2 aromatic heterocycles. The van der Waals surface area contributed by atoms with E-state index >= 15 is 0 Å². The van der Waals surface area contributed by atoms with Crippen LogP contribution in [0.4, 0.5) is 0 Å². The van der Waals surface area contributed by atoms with Crippen molar-refractivity contribution in [2.45, 2.75) is 13.0 Å². The molecule has 0 aliphatic heterocycles. The van der Waals surface area contributed by atoms with Crippen LogP contribution in [-0.4, -0.2) is 22.6 Å². The van der Waals surface area contributed by atoms with Gasteiger partial charge in [-0.1, -0.05) is 11.8 Å². The van der Waals surface area contributed by atoms with E-state index < -0.39 is 0 Å². The fraction of sp³-hybridized carbons (Fsp3) is 0.200. The molecular weight excluding hydrogens is 352 g/mol. The van der Waals surface area contributed by atoms with Gasteiger partial charge in [0.25, 0.3) is 5.91 Å². The molecule has 0 aliphatic carbocycles. The van der Waals surface area contributed by atoms with Crippen molar-refractivity contribution in [2.24, 2.45) is 0 Å². The minimum atomic E-state index is -0.185. The lowest BCUT2D eigenvalue weighted by atomic mass is 10.1. The molecule has 0 aromatic carbocycles. The molecule has 21 heavy (non-hydrogen) atoms. The van der Waals surface area contributed by atoms with E-state index in [4.69, 9.17) is 5.11 Å². The number of pyridine rings is 1. The third-order valence-corrected chi connectivity index (χ3v) is 4.20. The smallest absolute Gasteiger partial charge is 0.252 e. The van der Waals surface area contributed by atoms with Gasteiger partial charge >= 0.3 is 0 Å². The quantitative estimate of drug-likeness (QED) is 0.819. The molecule has 0 spiro atoms. The summed E-state index contributed by atoms with van der Waals surface area (Å²) in [5, 5.41) is 11.6. The number of halogens is 1. The van der Waals surface area contributed by atoms with Gasteiger partial charge in [-0.3, -0.25) is 9.78 Å². The summed E-state index contributed by atoms with van der Waals surface area (Å²) >= 11 is 4.97. The predicted molar refractivity (Wildman–Crippen MR) is 86.0 cm³/mol. The largest absolute Gasteiger partial charge is 0.395 e. The van der Waals surface area contributed by atoms with Gasteiger partial charge in [0.15, 0.2) is 0 Å². The number of carbonyl (C=O) groups excluding carboxylic acids is 1. The van der Waals surface area contributed by atoms with E-state index in [1.54, 1.807) is 29.8 Å². The number of amides is 1.